The molecule has 3 amide bonds. The van der Waals surface area contributed by atoms with Crippen molar-refractivity contribution in [1.82, 2.24) is 31.0 Å². The van der Waals surface area contributed by atoms with E-state index in [1.165, 1.54) is 11.8 Å². The van der Waals surface area contributed by atoms with Crippen molar-refractivity contribution in [2.75, 3.05) is 22.6 Å². The number of nitrogens with zero attached hydrogens (tertiary/aromatic N) is 4. The number of anilines is 1. The smallest absolute Gasteiger partial charge is 0.257 e. The van der Waals surface area contributed by atoms with Crippen molar-refractivity contribution in [1.29, 1.82) is 0 Å². The maximum absolute atomic E-state index is 12.2. The zero-order valence-electron chi connectivity index (χ0n) is 19.2. The van der Waals surface area contributed by atoms with Crippen LogP contribution in [-0.4, -0.2) is 55.1 Å². The minimum absolute atomic E-state index is 0.00525. The maximum Gasteiger partial charge on any atom is 0.257 e. The Labute approximate surface area is 231 Å². The van der Waals surface area contributed by atoms with Crippen LogP contribution in [0.15, 0.2) is 72.2 Å². The lowest BCUT2D eigenvalue weighted by Gasteiger charge is -2.05. The third kappa shape index (κ3) is 7.03. The fourth-order valence-electron chi connectivity index (χ4n) is 2.89. The van der Waals surface area contributed by atoms with Crippen molar-refractivity contribution in [3.05, 3.63) is 48.5 Å². The standard InChI is InChI=1S/C22H17N7O5S4/c30-16(9-35-20-23-12-5-1-3-7-14(12)33-20)25-19-28-29-22(38-19)37-11-18(32)27-26-17(31)10-36-21-24-13-6-2-4-8-15(13)34-21/h1-8H,9-11H2,(H,26,31)(H,27,32)(H,25,28,30). The molecule has 0 saturated carbocycles. The molecule has 0 saturated heterocycles. The lowest BCUT2D eigenvalue weighted by atomic mass is 10.3. The second-order valence-electron chi connectivity index (χ2n) is 7.28. The predicted molar refractivity (Wildman–Crippen MR) is 145 cm³/mol. The number of aromatic nitrogens is 4. The van der Waals surface area contributed by atoms with Crippen molar-refractivity contribution in [2.45, 2.75) is 14.8 Å². The van der Waals surface area contributed by atoms with E-state index in [1.54, 1.807) is 6.07 Å². The van der Waals surface area contributed by atoms with Crippen LogP contribution < -0.4 is 16.2 Å². The number of carbonyl (C=O) groups excluding carboxylic acids is 3. The highest BCUT2D eigenvalue weighted by Gasteiger charge is 2.14. The van der Waals surface area contributed by atoms with Crippen LogP contribution in [-0.2, 0) is 14.4 Å². The number of hydrogen-bond acceptors (Lipinski definition) is 13. The Morgan fingerprint density at radius 2 is 1.24 bits per heavy atom. The summed E-state index contributed by atoms with van der Waals surface area (Å²) in [5.74, 6) is -1.03. The molecule has 0 bridgehead atoms. The van der Waals surface area contributed by atoms with E-state index in [4.69, 9.17) is 8.83 Å². The van der Waals surface area contributed by atoms with Gasteiger partial charge >= 0.3 is 0 Å². The number of rotatable bonds is 10. The number of nitrogens with one attached hydrogen (secondary N) is 3. The van der Waals surface area contributed by atoms with Gasteiger partial charge in [0.2, 0.25) is 22.9 Å². The Morgan fingerprint density at radius 1 is 0.711 bits per heavy atom. The molecule has 0 atom stereocenters. The number of fused-ring (bicyclic) bond motifs is 2. The number of benzene rings is 2. The van der Waals surface area contributed by atoms with Gasteiger partial charge in [-0.05, 0) is 24.3 Å². The number of thioether (sulfide) groups is 3. The molecule has 0 aliphatic rings. The Morgan fingerprint density at radius 3 is 1.82 bits per heavy atom. The highest BCUT2D eigenvalue weighted by molar-refractivity contribution is 8.01. The van der Waals surface area contributed by atoms with E-state index in [1.807, 2.05) is 42.5 Å². The minimum Gasteiger partial charge on any atom is -0.431 e. The number of amides is 3. The van der Waals surface area contributed by atoms with E-state index in [0.717, 1.165) is 40.4 Å². The van der Waals surface area contributed by atoms with E-state index in [9.17, 15) is 14.4 Å². The first-order valence-electron chi connectivity index (χ1n) is 10.8. The SMILES string of the molecule is O=C(CSc1nc2ccccc2o1)NNC(=O)CSc1nnc(NC(=O)CSc2nc3ccccc3o2)s1. The van der Waals surface area contributed by atoms with Crippen LogP contribution in [0.1, 0.15) is 0 Å². The van der Waals surface area contributed by atoms with Gasteiger partial charge in [0.15, 0.2) is 15.5 Å². The molecule has 38 heavy (non-hydrogen) atoms. The van der Waals surface area contributed by atoms with Crippen LogP contribution >= 0.6 is 46.6 Å². The molecule has 0 aliphatic heterocycles. The first-order chi connectivity index (χ1) is 18.5. The van der Waals surface area contributed by atoms with Gasteiger partial charge < -0.3 is 8.83 Å². The van der Waals surface area contributed by atoms with Crippen LogP contribution in [0.2, 0.25) is 0 Å². The van der Waals surface area contributed by atoms with Crippen molar-refractivity contribution in [3.8, 4) is 0 Å². The summed E-state index contributed by atoms with van der Waals surface area (Å²) in [6.07, 6.45) is 0. The van der Waals surface area contributed by atoms with Gasteiger partial charge in [0.25, 0.3) is 10.4 Å². The summed E-state index contributed by atoms with van der Waals surface area (Å²) < 4.78 is 11.6. The molecule has 3 aromatic heterocycles. The Balaban J connectivity index is 0.986. The number of hydrogen-bond donors (Lipinski definition) is 3. The third-order valence-corrected chi connectivity index (χ3v) is 8.15. The van der Waals surface area contributed by atoms with Gasteiger partial charge in [-0.15, -0.1) is 10.2 Å². The van der Waals surface area contributed by atoms with Gasteiger partial charge in [-0.2, -0.15) is 0 Å². The first kappa shape index (κ1) is 26.0. The molecule has 16 heteroatoms. The molecule has 3 N–H and O–H groups in total. The largest absolute Gasteiger partial charge is 0.431 e. The molecule has 3 heterocycles. The van der Waals surface area contributed by atoms with Crippen LogP contribution in [0.4, 0.5) is 5.13 Å². The minimum atomic E-state index is -0.425. The molecule has 2 aromatic carbocycles. The number of para-hydroxylation sites is 4. The van der Waals surface area contributed by atoms with Gasteiger partial charge in [0.05, 0.1) is 17.3 Å². The molecule has 5 aromatic rings. The van der Waals surface area contributed by atoms with Crippen molar-refractivity contribution in [2.24, 2.45) is 0 Å². The van der Waals surface area contributed by atoms with E-state index in [2.05, 4.69) is 36.3 Å². The summed E-state index contributed by atoms with van der Waals surface area (Å²) >= 11 is 4.54. The second-order valence-corrected chi connectivity index (χ2v) is 11.3. The average Bonchev–Trinajstić information content (AvgIpc) is 3.66. The predicted octanol–water partition coefficient (Wildman–Crippen LogP) is 3.58. The normalized spacial score (nSPS) is 11.1. The van der Waals surface area contributed by atoms with Crippen LogP contribution in [0, 0.1) is 0 Å². The molecule has 0 fully saturated rings. The van der Waals surface area contributed by atoms with Gasteiger partial charge in [-0.1, -0.05) is 70.9 Å². The molecule has 0 aliphatic carbocycles. The van der Waals surface area contributed by atoms with Crippen molar-refractivity contribution in [3.63, 3.8) is 0 Å². The fourth-order valence-corrected chi connectivity index (χ4v) is 5.74. The summed E-state index contributed by atoms with van der Waals surface area (Å²) in [6.45, 7) is 0. The molecule has 0 spiro atoms. The number of hydrazine groups is 1. The summed E-state index contributed by atoms with van der Waals surface area (Å²) in [5.41, 5.74) is 7.41. The van der Waals surface area contributed by atoms with Crippen molar-refractivity contribution < 1.29 is 23.2 Å². The lowest BCUT2D eigenvalue weighted by molar-refractivity contribution is -0.126. The molecule has 5 rings (SSSR count). The molecule has 194 valence electrons. The van der Waals surface area contributed by atoms with E-state index in [-0.39, 0.29) is 23.2 Å². The van der Waals surface area contributed by atoms with Crippen LogP contribution in [0.3, 0.4) is 0 Å². The van der Waals surface area contributed by atoms with Gasteiger partial charge in [-0.3, -0.25) is 30.6 Å². The van der Waals surface area contributed by atoms with Gasteiger partial charge in [0.1, 0.15) is 11.0 Å². The maximum atomic E-state index is 12.2. The summed E-state index contributed by atoms with van der Waals surface area (Å²) in [6, 6.07) is 14.6. The topological polar surface area (TPSA) is 165 Å². The molecule has 0 radical (unpaired) electrons. The molecular formula is C22H17N7O5S4. The van der Waals surface area contributed by atoms with E-state index in [0.29, 0.717) is 36.6 Å². The zero-order chi connectivity index (χ0) is 26.3. The monoisotopic (exact) mass is 587 g/mol. The number of oxazole rings is 2. The molecule has 0 unspecified atom stereocenters. The summed E-state index contributed by atoms with van der Waals surface area (Å²) in [4.78, 5) is 44.9. The molecular weight excluding hydrogens is 571 g/mol. The van der Waals surface area contributed by atoms with E-state index >= 15 is 0 Å². The van der Waals surface area contributed by atoms with Crippen LogP contribution in [0.25, 0.3) is 22.2 Å². The van der Waals surface area contributed by atoms with Crippen LogP contribution in [0.5, 0.6) is 0 Å². The zero-order valence-corrected chi connectivity index (χ0v) is 22.5. The average molecular weight is 588 g/mol. The first-order valence-corrected chi connectivity index (χ1v) is 14.6. The van der Waals surface area contributed by atoms with E-state index < -0.39 is 11.8 Å². The second kappa shape index (κ2) is 12.3. The Hall–Kier alpha value is -3.60. The van der Waals surface area contributed by atoms with Gasteiger partial charge in [-0.25, -0.2) is 9.97 Å². The summed E-state index contributed by atoms with van der Waals surface area (Å²) in [7, 11) is 0. The highest BCUT2D eigenvalue weighted by atomic mass is 32.2. The Kier molecular flexibility index (Phi) is 8.42. The van der Waals surface area contributed by atoms with Gasteiger partial charge in [0, 0.05) is 0 Å². The number of carbonyl (C=O) groups is 3. The fraction of sp³-hybridized carbons (Fsp3) is 0.136. The molecule has 12 nitrogen and oxygen atoms in total. The quantitative estimate of drug-likeness (QED) is 0.124. The van der Waals surface area contributed by atoms with Crippen molar-refractivity contribution >= 4 is 91.7 Å². The summed E-state index contributed by atoms with van der Waals surface area (Å²) in [5, 5.41) is 11.6. The Bertz CT molecular complexity index is 1540. The highest BCUT2D eigenvalue weighted by Crippen LogP contribution is 2.27. The lowest BCUT2D eigenvalue weighted by Crippen LogP contribution is -2.43. The third-order valence-electron chi connectivity index (χ3n) is 4.52.